The van der Waals surface area contributed by atoms with E-state index in [4.69, 9.17) is 19.6 Å². The maximum Gasteiger partial charge on any atom is 0.231 e. The highest BCUT2D eigenvalue weighted by Crippen LogP contribution is 2.32. The van der Waals surface area contributed by atoms with E-state index in [2.05, 4.69) is 81.5 Å². The van der Waals surface area contributed by atoms with Gasteiger partial charge >= 0.3 is 0 Å². The molecule has 3 aromatic heterocycles. The van der Waals surface area contributed by atoms with E-state index in [0.717, 1.165) is 59.7 Å². The SMILES string of the molecule is CCCCc1nc(C(CCC)(OC)OC)nn1Cc1ccc(-n2c(-c3ccccc3)ccc2-c2nnn[nH]2)cc1. The molecule has 2 aromatic carbocycles. The van der Waals surface area contributed by atoms with Crippen molar-refractivity contribution in [3.63, 3.8) is 0 Å². The molecule has 40 heavy (non-hydrogen) atoms. The maximum atomic E-state index is 5.80. The van der Waals surface area contributed by atoms with E-state index in [1.165, 1.54) is 0 Å². The summed E-state index contributed by atoms with van der Waals surface area (Å²) in [6.45, 7) is 4.87. The molecule has 0 saturated heterocycles. The minimum atomic E-state index is -0.945. The highest BCUT2D eigenvalue weighted by molar-refractivity contribution is 5.70. The Kier molecular flexibility index (Phi) is 8.47. The van der Waals surface area contributed by atoms with E-state index in [1.54, 1.807) is 14.2 Å². The van der Waals surface area contributed by atoms with Gasteiger partial charge in [0, 0.05) is 32.7 Å². The third kappa shape index (κ3) is 5.45. The molecule has 5 aromatic rings. The first-order valence-corrected chi connectivity index (χ1v) is 13.8. The fraction of sp³-hybridized carbons (Fsp3) is 0.367. The number of rotatable bonds is 13. The summed E-state index contributed by atoms with van der Waals surface area (Å²) in [5.74, 6) is 1.17. The molecule has 208 valence electrons. The van der Waals surface area contributed by atoms with Crippen LogP contribution in [0.3, 0.4) is 0 Å². The quantitative estimate of drug-likeness (QED) is 0.195. The van der Waals surface area contributed by atoms with Gasteiger partial charge in [-0.05, 0) is 52.2 Å². The van der Waals surface area contributed by atoms with Crippen LogP contribution in [-0.4, -0.2) is 54.2 Å². The zero-order valence-corrected chi connectivity index (χ0v) is 23.5. The Morgan fingerprint density at radius 3 is 2.27 bits per heavy atom. The van der Waals surface area contributed by atoms with Gasteiger partial charge in [-0.15, -0.1) is 10.2 Å². The van der Waals surface area contributed by atoms with Gasteiger partial charge in [-0.1, -0.05) is 69.2 Å². The number of H-pyrrole nitrogens is 1. The summed E-state index contributed by atoms with van der Waals surface area (Å²) in [5, 5.41) is 19.5. The Morgan fingerprint density at radius 2 is 1.62 bits per heavy atom. The van der Waals surface area contributed by atoms with Crippen LogP contribution < -0.4 is 0 Å². The standard InChI is InChI=1S/C30H36N8O2/c1-5-7-13-27-31-29(30(39-3,40-4)20-6-2)34-37(27)21-22-14-16-24(17-15-22)38-25(23-11-9-8-10-12-23)18-19-26(38)28-32-35-36-33-28/h8-12,14-19H,5-7,13,20-21H2,1-4H3,(H,32,33,35,36). The van der Waals surface area contributed by atoms with Crippen LogP contribution in [0.15, 0.2) is 66.7 Å². The highest BCUT2D eigenvalue weighted by atomic mass is 16.7. The lowest BCUT2D eigenvalue weighted by molar-refractivity contribution is -0.225. The molecular formula is C30H36N8O2. The van der Waals surface area contributed by atoms with Crippen LogP contribution in [0, 0.1) is 0 Å². The van der Waals surface area contributed by atoms with Crippen LogP contribution in [0.2, 0.25) is 0 Å². The molecule has 0 aliphatic heterocycles. The summed E-state index contributed by atoms with van der Waals surface area (Å²) in [7, 11) is 3.30. The normalized spacial score (nSPS) is 11.8. The Labute approximate surface area is 234 Å². The molecule has 0 fully saturated rings. The largest absolute Gasteiger partial charge is 0.347 e. The Balaban J connectivity index is 1.49. The molecule has 3 heterocycles. The number of nitrogens with one attached hydrogen (secondary N) is 1. The van der Waals surface area contributed by atoms with Gasteiger partial charge in [0.1, 0.15) is 5.82 Å². The Hall–Kier alpha value is -4.15. The van der Waals surface area contributed by atoms with Crippen LogP contribution in [0.5, 0.6) is 0 Å². The van der Waals surface area contributed by atoms with E-state index in [-0.39, 0.29) is 0 Å². The number of aryl methyl sites for hydroxylation is 1. The van der Waals surface area contributed by atoms with Crippen LogP contribution in [0.1, 0.15) is 56.7 Å². The van der Waals surface area contributed by atoms with Crippen LogP contribution in [-0.2, 0) is 28.2 Å². The molecule has 0 aliphatic carbocycles. The van der Waals surface area contributed by atoms with Crippen molar-refractivity contribution < 1.29 is 9.47 Å². The third-order valence-corrected chi connectivity index (χ3v) is 7.15. The number of benzene rings is 2. The fourth-order valence-electron chi connectivity index (χ4n) is 5.02. The van der Waals surface area contributed by atoms with Gasteiger partial charge in [0.15, 0.2) is 5.82 Å². The van der Waals surface area contributed by atoms with Gasteiger partial charge in [0.2, 0.25) is 11.6 Å². The first kappa shape index (κ1) is 27.4. The molecule has 0 spiro atoms. The minimum Gasteiger partial charge on any atom is -0.347 e. The Morgan fingerprint density at radius 1 is 0.875 bits per heavy atom. The van der Waals surface area contributed by atoms with Crippen molar-refractivity contribution in [2.45, 2.75) is 58.3 Å². The van der Waals surface area contributed by atoms with Gasteiger partial charge in [0.25, 0.3) is 0 Å². The molecule has 0 bridgehead atoms. The number of methoxy groups -OCH3 is 2. The molecule has 10 heteroatoms. The second-order valence-electron chi connectivity index (χ2n) is 9.75. The molecular weight excluding hydrogens is 504 g/mol. The summed E-state index contributed by atoms with van der Waals surface area (Å²) < 4.78 is 15.8. The van der Waals surface area contributed by atoms with Crippen molar-refractivity contribution in [2.24, 2.45) is 0 Å². The summed E-state index contributed by atoms with van der Waals surface area (Å²) in [6.07, 6.45) is 4.52. The fourth-order valence-corrected chi connectivity index (χ4v) is 5.02. The third-order valence-electron chi connectivity index (χ3n) is 7.15. The number of hydrogen-bond donors (Lipinski definition) is 1. The zero-order chi connectivity index (χ0) is 28.0. The van der Waals surface area contributed by atoms with Gasteiger partial charge in [-0.3, -0.25) is 0 Å². The van der Waals surface area contributed by atoms with Gasteiger partial charge in [0.05, 0.1) is 17.9 Å². The highest BCUT2D eigenvalue weighted by Gasteiger charge is 2.36. The average Bonchev–Trinajstić information content (AvgIpc) is 3.76. The van der Waals surface area contributed by atoms with Crippen LogP contribution >= 0.6 is 0 Å². The topological polar surface area (TPSA) is 109 Å². The second-order valence-corrected chi connectivity index (χ2v) is 9.75. The summed E-state index contributed by atoms with van der Waals surface area (Å²) in [6, 6.07) is 22.9. The predicted octanol–water partition coefficient (Wildman–Crippen LogP) is 5.55. The van der Waals surface area contributed by atoms with E-state index < -0.39 is 5.79 Å². The molecule has 10 nitrogen and oxygen atoms in total. The van der Waals surface area contributed by atoms with E-state index in [0.29, 0.717) is 24.6 Å². The minimum absolute atomic E-state index is 0.576. The number of tetrazole rings is 1. The van der Waals surface area contributed by atoms with Crippen molar-refractivity contribution in [2.75, 3.05) is 14.2 Å². The lowest BCUT2D eigenvalue weighted by atomic mass is 10.1. The number of ether oxygens (including phenoxy) is 2. The molecule has 0 atom stereocenters. The molecule has 0 radical (unpaired) electrons. The van der Waals surface area contributed by atoms with Gasteiger partial charge in [-0.2, -0.15) is 0 Å². The number of aromatic amines is 1. The smallest absolute Gasteiger partial charge is 0.231 e. The number of unbranched alkanes of at least 4 members (excludes halogenated alkanes) is 1. The zero-order valence-electron chi connectivity index (χ0n) is 23.5. The first-order chi connectivity index (χ1) is 19.6. The predicted molar refractivity (Wildman–Crippen MR) is 153 cm³/mol. The van der Waals surface area contributed by atoms with Gasteiger partial charge < -0.3 is 14.0 Å². The first-order valence-electron chi connectivity index (χ1n) is 13.8. The van der Waals surface area contributed by atoms with Crippen LogP contribution in [0.25, 0.3) is 28.5 Å². The van der Waals surface area contributed by atoms with E-state index in [9.17, 15) is 0 Å². The molecule has 1 N–H and O–H groups in total. The molecule has 0 aliphatic rings. The average molecular weight is 541 g/mol. The second kappa shape index (κ2) is 12.4. The number of hydrogen-bond acceptors (Lipinski definition) is 7. The summed E-state index contributed by atoms with van der Waals surface area (Å²) in [4.78, 5) is 4.90. The molecule has 0 amide bonds. The van der Waals surface area contributed by atoms with Crippen molar-refractivity contribution in [3.05, 3.63) is 83.9 Å². The van der Waals surface area contributed by atoms with Crippen molar-refractivity contribution in [1.82, 2.24) is 40.0 Å². The lowest BCUT2D eigenvalue weighted by Crippen LogP contribution is -2.32. The van der Waals surface area contributed by atoms with E-state index >= 15 is 0 Å². The summed E-state index contributed by atoms with van der Waals surface area (Å²) >= 11 is 0. The molecule has 0 unspecified atom stereocenters. The monoisotopic (exact) mass is 540 g/mol. The van der Waals surface area contributed by atoms with Crippen molar-refractivity contribution in [3.8, 4) is 28.5 Å². The summed E-state index contributed by atoms with van der Waals surface area (Å²) in [5.41, 5.74) is 5.16. The van der Waals surface area contributed by atoms with E-state index in [1.807, 2.05) is 28.9 Å². The lowest BCUT2D eigenvalue weighted by Gasteiger charge is -2.27. The van der Waals surface area contributed by atoms with Crippen molar-refractivity contribution in [1.29, 1.82) is 0 Å². The number of nitrogens with zero attached hydrogens (tertiary/aromatic N) is 7. The van der Waals surface area contributed by atoms with Crippen LogP contribution in [0.4, 0.5) is 0 Å². The Bertz CT molecular complexity index is 1490. The molecule has 0 saturated carbocycles. The molecule has 5 rings (SSSR count). The van der Waals surface area contributed by atoms with Gasteiger partial charge in [-0.25, -0.2) is 14.8 Å². The maximum absolute atomic E-state index is 5.80. The number of aromatic nitrogens is 8. The van der Waals surface area contributed by atoms with Crippen molar-refractivity contribution >= 4 is 0 Å².